The van der Waals surface area contributed by atoms with Crippen LogP contribution < -0.4 is 9.47 Å². The van der Waals surface area contributed by atoms with E-state index < -0.39 is 0 Å². The second-order valence-corrected chi connectivity index (χ2v) is 5.26. The van der Waals surface area contributed by atoms with Gasteiger partial charge in [-0.1, -0.05) is 35.5 Å². The van der Waals surface area contributed by atoms with Crippen molar-refractivity contribution in [2.45, 2.75) is 13.5 Å². The summed E-state index contributed by atoms with van der Waals surface area (Å²) in [5.74, 6) is 1.72. The van der Waals surface area contributed by atoms with Gasteiger partial charge in [0, 0.05) is 17.2 Å². The van der Waals surface area contributed by atoms with E-state index in [9.17, 15) is 4.79 Å². The maximum absolute atomic E-state index is 11.4. The molecule has 0 aliphatic heterocycles. The summed E-state index contributed by atoms with van der Waals surface area (Å²) < 4.78 is 16.4. The molecule has 0 unspecified atom stereocenters. The van der Waals surface area contributed by atoms with E-state index in [1.165, 1.54) is 14.0 Å². The zero-order valence-electron chi connectivity index (χ0n) is 13.5. The van der Waals surface area contributed by atoms with E-state index in [-0.39, 0.29) is 12.4 Å². The smallest absolute Gasteiger partial charge is 0.167 e. The van der Waals surface area contributed by atoms with Gasteiger partial charge in [-0.2, -0.15) is 0 Å². The lowest BCUT2D eigenvalue weighted by atomic mass is 10.1. The molecule has 0 radical (unpaired) electrons. The minimum atomic E-state index is -0.0242. The molecule has 122 valence electrons. The van der Waals surface area contributed by atoms with Gasteiger partial charge < -0.3 is 14.0 Å². The first-order valence-electron chi connectivity index (χ1n) is 7.50. The van der Waals surface area contributed by atoms with Crippen molar-refractivity contribution in [1.82, 2.24) is 5.16 Å². The minimum Gasteiger partial charge on any atom is -0.493 e. The summed E-state index contributed by atoms with van der Waals surface area (Å²) in [4.78, 5) is 11.4. The first kappa shape index (κ1) is 15.8. The lowest BCUT2D eigenvalue weighted by Gasteiger charge is -2.10. The van der Waals surface area contributed by atoms with Crippen LogP contribution in [-0.2, 0) is 6.61 Å². The molecule has 5 nitrogen and oxygen atoms in total. The van der Waals surface area contributed by atoms with Gasteiger partial charge in [0.05, 0.1) is 7.11 Å². The number of Topliss-reactive ketones (excluding diaryl/α,β-unsaturated/α-hetero) is 1. The fourth-order valence-corrected chi connectivity index (χ4v) is 2.28. The third kappa shape index (κ3) is 3.46. The lowest BCUT2D eigenvalue weighted by molar-refractivity contribution is 0.101. The Balaban J connectivity index is 1.72. The Morgan fingerprint density at radius 3 is 2.58 bits per heavy atom. The Morgan fingerprint density at radius 1 is 1.08 bits per heavy atom. The number of ketones is 1. The summed E-state index contributed by atoms with van der Waals surface area (Å²) in [6.07, 6.45) is 0. The van der Waals surface area contributed by atoms with Gasteiger partial charge >= 0.3 is 0 Å². The number of carbonyl (C=O) groups excluding carboxylic acids is 1. The summed E-state index contributed by atoms with van der Waals surface area (Å²) in [6, 6.07) is 16.7. The number of aromatic nitrogens is 1. The first-order chi connectivity index (χ1) is 11.7. The Kier molecular flexibility index (Phi) is 4.61. The quantitative estimate of drug-likeness (QED) is 0.638. The molecule has 5 heteroatoms. The van der Waals surface area contributed by atoms with Gasteiger partial charge in [0.25, 0.3) is 0 Å². The molecule has 0 fully saturated rings. The topological polar surface area (TPSA) is 61.6 Å². The molecule has 0 N–H and O–H groups in total. The van der Waals surface area contributed by atoms with E-state index in [2.05, 4.69) is 5.16 Å². The van der Waals surface area contributed by atoms with Gasteiger partial charge in [-0.15, -0.1) is 0 Å². The number of rotatable bonds is 6. The molecule has 0 aliphatic carbocycles. The zero-order valence-corrected chi connectivity index (χ0v) is 13.5. The predicted molar refractivity (Wildman–Crippen MR) is 89.3 cm³/mol. The molecule has 0 spiro atoms. The molecule has 3 aromatic rings. The van der Waals surface area contributed by atoms with Crippen molar-refractivity contribution in [3.8, 4) is 22.8 Å². The van der Waals surface area contributed by atoms with Crippen molar-refractivity contribution in [1.29, 1.82) is 0 Å². The van der Waals surface area contributed by atoms with Crippen LogP contribution in [-0.4, -0.2) is 18.0 Å². The Hall–Kier alpha value is -3.08. The number of ether oxygens (including phenoxy) is 2. The number of hydrogen-bond acceptors (Lipinski definition) is 5. The Morgan fingerprint density at radius 2 is 1.88 bits per heavy atom. The third-order valence-corrected chi connectivity index (χ3v) is 3.56. The van der Waals surface area contributed by atoms with Crippen LogP contribution in [0.5, 0.6) is 11.5 Å². The second kappa shape index (κ2) is 7.00. The maximum atomic E-state index is 11.4. The van der Waals surface area contributed by atoms with Crippen molar-refractivity contribution in [3.63, 3.8) is 0 Å². The number of benzene rings is 2. The van der Waals surface area contributed by atoms with Crippen LogP contribution >= 0.6 is 0 Å². The number of hydrogen-bond donors (Lipinski definition) is 0. The average Bonchev–Trinajstić information content (AvgIpc) is 3.09. The SMILES string of the molecule is COc1cc(C(C)=O)ccc1OCc1cc(-c2ccccc2)on1. The minimum absolute atomic E-state index is 0.0242. The molecule has 0 amide bonds. The average molecular weight is 323 g/mol. The van der Waals surface area contributed by atoms with E-state index in [4.69, 9.17) is 14.0 Å². The summed E-state index contributed by atoms with van der Waals surface area (Å²) in [5.41, 5.74) is 2.21. The standard InChI is InChI=1S/C19H17NO4/c1-13(21)15-8-9-17(19(10-15)22-2)23-12-16-11-18(24-20-16)14-6-4-3-5-7-14/h3-11H,12H2,1-2H3. The molecule has 3 rings (SSSR count). The normalized spacial score (nSPS) is 10.4. The largest absolute Gasteiger partial charge is 0.493 e. The van der Waals surface area contributed by atoms with Crippen molar-refractivity contribution < 1.29 is 18.8 Å². The summed E-state index contributed by atoms with van der Waals surface area (Å²) in [6.45, 7) is 1.75. The second-order valence-electron chi connectivity index (χ2n) is 5.26. The summed E-state index contributed by atoms with van der Waals surface area (Å²) >= 11 is 0. The van der Waals surface area contributed by atoms with Crippen LogP contribution in [0.2, 0.25) is 0 Å². The highest BCUT2D eigenvalue weighted by atomic mass is 16.5. The highest BCUT2D eigenvalue weighted by molar-refractivity contribution is 5.94. The number of carbonyl (C=O) groups is 1. The third-order valence-electron chi connectivity index (χ3n) is 3.56. The molecular weight excluding hydrogens is 306 g/mol. The summed E-state index contributed by atoms with van der Waals surface area (Å²) in [5, 5.41) is 4.01. The van der Waals surface area contributed by atoms with Crippen LogP contribution in [0.15, 0.2) is 59.1 Å². The molecular formula is C19H17NO4. The monoisotopic (exact) mass is 323 g/mol. The highest BCUT2D eigenvalue weighted by Gasteiger charge is 2.11. The molecule has 0 bridgehead atoms. The van der Waals surface area contributed by atoms with Crippen molar-refractivity contribution >= 4 is 5.78 Å². The molecule has 2 aromatic carbocycles. The van der Waals surface area contributed by atoms with Gasteiger partial charge in [-0.05, 0) is 25.1 Å². The zero-order chi connectivity index (χ0) is 16.9. The van der Waals surface area contributed by atoms with Crippen molar-refractivity contribution in [2.75, 3.05) is 7.11 Å². The molecule has 0 saturated heterocycles. The first-order valence-corrected chi connectivity index (χ1v) is 7.50. The fraction of sp³-hybridized carbons (Fsp3) is 0.158. The Bertz CT molecular complexity index is 840. The van der Waals surface area contributed by atoms with Gasteiger partial charge in [0.1, 0.15) is 12.3 Å². The van der Waals surface area contributed by atoms with Gasteiger partial charge in [-0.25, -0.2) is 0 Å². The van der Waals surface area contributed by atoms with E-state index in [0.717, 1.165) is 5.56 Å². The van der Waals surface area contributed by atoms with Crippen LogP contribution in [0, 0.1) is 0 Å². The fourth-order valence-electron chi connectivity index (χ4n) is 2.28. The lowest BCUT2D eigenvalue weighted by Crippen LogP contribution is -2.00. The Labute approximate surface area is 139 Å². The van der Waals surface area contributed by atoms with Gasteiger partial charge in [-0.3, -0.25) is 4.79 Å². The predicted octanol–water partition coefficient (Wildman–Crippen LogP) is 4.13. The molecule has 1 aromatic heterocycles. The van der Waals surface area contributed by atoms with E-state index in [1.54, 1.807) is 18.2 Å². The van der Waals surface area contributed by atoms with Gasteiger partial charge in [0.15, 0.2) is 23.0 Å². The summed E-state index contributed by atoms with van der Waals surface area (Å²) in [7, 11) is 1.54. The van der Waals surface area contributed by atoms with Crippen LogP contribution in [0.1, 0.15) is 23.0 Å². The van der Waals surface area contributed by atoms with E-state index in [1.807, 2.05) is 36.4 Å². The van der Waals surface area contributed by atoms with Crippen molar-refractivity contribution in [2.24, 2.45) is 0 Å². The molecule has 1 heterocycles. The molecule has 0 atom stereocenters. The van der Waals surface area contributed by atoms with Crippen LogP contribution in [0.3, 0.4) is 0 Å². The maximum Gasteiger partial charge on any atom is 0.167 e. The van der Waals surface area contributed by atoms with E-state index in [0.29, 0.717) is 28.5 Å². The van der Waals surface area contributed by atoms with Gasteiger partial charge in [0.2, 0.25) is 0 Å². The number of methoxy groups -OCH3 is 1. The highest BCUT2D eigenvalue weighted by Crippen LogP contribution is 2.29. The number of nitrogens with zero attached hydrogens (tertiary/aromatic N) is 1. The molecule has 0 saturated carbocycles. The van der Waals surface area contributed by atoms with Crippen LogP contribution in [0.4, 0.5) is 0 Å². The van der Waals surface area contributed by atoms with E-state index >= 15 is 0 Å². The van der Waals surface area contributed by atoms with Crippen LogP contribution in [0.25, 0.3) is 11.3 Å². The molecule has 0 aliphatic rings. The molecule has 24 heavy (non-hydrogen) atoms. The van der Waals surface area contributed by atoms with Crippen molar-refractivity contribution in [3.05, 3.63) is 65.9 Å².